The van der Waals surface area contributed by atoms with Gasteiger partial charge >= 0.3 is 0 Å². The summed E-state index contributed by atoms with van der Waals surface area (Å²) >= 11 is 0. The molecule has 6 heteroatoms. The van der Waals surface area contributed by atoms with Crippen molar-refractivity contribution < 1.29 is 36.1 Å². The van der Waals surface area contributed by atoms with Crippen molar-refractivity contribution in [2.24, 2.45) is 0 Å². The average Bonchev–Trinajstić information content (AvgIpc) is 2.75. The first-order valence-corrected chi connectivity index (χ1v) is 6.09. The summed E-state index contributed by atoms with van der Waals surface area (Å²) in [5.41, 5.74) is 0.964. The summed E-state index contributed by atoms with van der Waals surface area (Å²) in [4.78, 5) is 1.93. The highest BCUT2D eigenvalue weighted by atomic mass is 79.9. The summed E-state index contributed by atoms with van der Waals surface area (Å²) < 4.78 is 12.8. The third kappa shape index (κ3) is 2.61. The van der Waals surface area contributed by atoms with Crippen molar-refractivity contribution >= 4 is 11.5 Å². The van der Waals surface area contributed by atoms with Crippen LogP contribution in [0.25, 0.3) is 0 Å². The quantitative estimate of drug-likeness (QED) is 0.599. The highest BCUT2D eigenvalue weighted by molar-refractivity contribution is 5.96. The summed E-state index contributed by atoms with van der Waals surface area (Å²) in [7, 11) is 1.64. The normalized spacial score (nSPS) is 22.0. The zero-order valence-corrected chi connectivity index (χ0v) is 12.3. The van der Waals surface area contributed by atoms with Gasteiger partial charge in [0.1, 0.15) is 24.6 Å². The highest BCUT2D eigenvalue weighted by Crippen LogP contribution is 2.24. The Kier molecular flexibility index (Phi) is 4.44. The number of nitrogens with zero attached hydrogens (tertiary/aromatic N) is 2. The summed E-state index contributed by atoms with van der Waals surface area (Å²) in [5, 5.41) is 10.2. The van der Waals surface area contributed by atoms with Gasteiger partial charge in [-0.25, -0.2) is 0 Å². The molecule has 5 nitrogen and oxygen atoms in total. The molecule has 2 aliphatic heterocycles. The maximum absolute atomic E-state index is 10.2. The second-order valence-electron chi connectivity index (χ2n) is 4.46. The minimum absolute atomic E-state index is 0. The molecular formula is C13H17BrN2O3. The Morgan fingerprint density at radius 3 is 2.79 bits per heavy atom. The number of aliphatic hydroxyl groups excluding tert-OH is 1. The molecule has 0 fully saturated rings. The monoisotopic (exact) mass is 328 g/mol. The number of benzene rings is 1. The standard InChI is InChI=1S/C13H17N2O3.BrH/c1-17-11-4-2-10(3-5-11)15-12-9-18-7-6-14(12)8-13(15)16;/h2-5,13,16H,6-9H2,1H3;1H/q+1;/p-1. The lowest BCUT2D eigenvalue weighted by Crippen LogP contribution is -3.00. The molecule has 1 atom stereocenters. The van der Waals surface area contributed by atoms with Crippen LogP contribution in [0.1, 0.15) is 0 Å². The van der Waals surface area contributed by atoms with Crippen LogP contribution in [0.2, 0.25) is 0 Å². The van der Waals surface area contributed by atoms with E-state index in [1.165, 1.54) is 0 Å². The lowest BCUT2D eigenvalue weighted by Gasteiger charge is -2.18. The second-order valence-corrected chi connectivity index (χ2v) is 4.46. The van der Waals surface area contributed by atoms with Gasteiger partial charge in [0, 0.05) is 0 Å². The molecule has 0 amide bonds. The molecule has 0 radical (unpaired) electrons. The number of anilines is 1. The Morgan fingerprint density at radius 1 is 1.37 bits per heavy atom. The van der Waals surface area contributed by atoms with Crippen molar-refractivity contribution in [3.8, 4) is 5.75 Å². The van der Waals surface area contributed by atoms with Crippen LogP contribution < -0.4 is 26.6 Å². The van der Waals surface area contributed by atoms with Gasteiger partial charge in [0.25, 0.3) is 5.84 Å². The molecular weight excluding hydrogens is 312 g/mol. The van der Waals surface area contributed by atoms with Crippen molar-refractivity contribution in [2.45, 2.75) is 6.23 Å². The Bertz CT molecular complexity index is 475. The molecule has 0 saturated carbocycles. The maximum Gasteiger partial charge on any atom is 0.281 e. The van der Waals surface area contributed by atoms with E-state index in [9.17, 15) is 5.11 Å². The molecule has 1 unspecified atom stereocenters. The van der Waals surface area contributed by atoms with Gasteiger partial charge in [0.05, 0.1) is 13.7 Å². The number of halogens is 1. The van der Waals surface area contributed by atoms with Crippen LogP contribution in [0.4, 0.5) is 5.69 Å². The van der Waals surface area contributed by atoms with Gasteiger partial charge in [-0.1, -0.05) is 0 Å². The first kappa shape index (κ1) is 14.3. The fourth-order valence-corrected chi connectivity index (χ4v) is 2.49. The Labute approximate surface area is 122 Å². The van der Waals surface area contributed by atoms with E-state index in [4.69, 9.17) is 9.47 Å². The Balaban J connectivity index is 0.00000133. The topological polar surface area (TPSA) is 44.9 Å². The van der Waals surface area contributed by atoms with Gasteiger partial charge in [-0.2, -0.15) is 4.90 Å². The molecule has 104 valence electrons. The zero-order valence-electron chi connectivity index (χ0n) is 10.8. The van der Waals surface area contributed by atoms with E-state index in [2.05, 4.69) is 4.58 Å². The highest BCUT2D eigenvalue weighted by Gasteiger charge is 2.41. The lowest BCUT2D eigenvalue weighted by atomic mass is 10.2. The molecule has 0 saturated heterocycles. The number of hydrogen-bond acceptors (Lipinski definition) is 4. The van der Waals surface area contributed by atoms with Crippen molar-refractivity contribution in [2.75, 3.05) is 38.3 Å². The van der Waals surface area contributed by atoms with E-state index >= 15 is 0 Å². The molecule has 2 aliphatic rings. The van der Waals surface area contributed by atoms with Crippen molar-refractivity contribution in [1.82, 2.24) is 0 Å². The lowest BCUT2D eigenvalue weighted by molar-refractivity contribution is -0.536. The summed E-state index contributed by atoms with van der Waals surface area (Å²) in [6.07, 6.45) is -0.505. The predicted octanol–water partition coefficient (Wildman–Crippen LogP) is -2.72. The molecule has 0 aromatic heterocycles. The second kappa shape index (κ2) is 5.90. The van der Waals surface area contributed by atoms with E-state index in [0.29, 0.717) is 13.2 Å². The Morgan fingerprint density at radius 2 is 2.11 bits per heavy atom. The van der Waals surface area contributed by atoms with Crippen LogP contribution >= 0.6 is 0 Å². The van der Waals surface area contributed by atoms with Gasteiger partial charge in [0.15, 0.2) is 6.54 Å². The fraction of sp³-hybridized carbons (Fsp3) is 0.462. The van der Waals surface area contributed by atoms with Crippen LogP contribution in [0.5, 0.6) is 5.75 Å². The van der Waals surface area contributed by atoms with Crippen molar-refractivity contribution in [3.63, 3.8) is 0 Å². The predicted molar refractivity (Wildman–Crippen MR) is 67.3 cm³/mol. The number of amidine groups is 1. The van der Waals surface area contributed by atoms with Crippen LogP contribution in [0.3, 0.4) is 0 Å². The molecule has 19 heavy (non-hydrogen) atoms. The number of aliphatic hydroxyl groups is 1. The number of ether oxygens (including phenoxy) is 2. The summed E-state index contributed by atoms with van der Waals surface area (Å²) in [5.74, 6) is 1.85. The van der Waals surface area contributed by atoms with E-state index < -0.39 is 6.23 Å². The fourth-order valence-electron chi connectivity index (χ4n) is 2.49. The molecule has 0 aliphatic carbocycles. The number of rotatable bonds is 2. The van der Waals surface area contributed by atoms with Crippen LogP contribution in [-0.4, -0.2) is 55.2 Å². The van der Waals surface area contributed by atoms with E-state index in [1.807, 2.05) is 29.2 Å². The minimum atomic E-state index is -0.505. The van der Waals surface area contributed by atoms with Gasteiger partial charge in [0.2, 0.25) is 6.23 Å². The van der Waals surface area contributed by atoms with Crippen molar-refractivity contribution in [1.29, 1.82) is 0 Å². The van der Waals surface area contributed by atoms with Gasteiger partial charge in [-0.05, 0) is 24.3 Å². The minimum Gasteiger partial charge on any atom is -1.00 e. The first-order valence-electron chi connectivity index (χ1n) is 6.09. The summed E-state index contributed by atoms with van der Waals surface area (Å²) in [6.45, 7) is 2.78. The summed E-state index contributed by atoms with van der Waals surface area (Å²) in [6, 6.07) is 7.70. The molecule has 2 heterocycles. The molecule has 1 N–H and O–H groups in total. The molecule has 3 rings (SSSR count). The SMILES string of the molecule is COc1ccc(N2C3=[N+](CCOC3)CC2O)cc1.[Br-]. The third-order valence-electron chi connectivity index (χ3n) is 3.41. The number of methoxy groups -OCH3 is 1. The molecule has 1 aromatic rings. The molecule has 1 aromatic carbocycles. The first-order chi connectivity index (χ1) is 8.79. The van der Waals surface area contributed by atoms with Crippen LogP contribution in [-0.2, 0) is 4.74 Å². The third-order valence-corrected chi connectivity index (χ3v) is 3.41. The van der Waals surface area contributed by atoms with E-state index in [1.54, 1.807) is 7.11 Å². The Hall–Kier alpha value is -1.11. The van der Waals surface area contributed by atoms with Crippen molar-refractivity contribution in [3.05, 3.63) is 24.3 Å². The van der Waals surface area contributed by atoms with Gasteiger partial charge in [-0.15, -0.1) is 0 Å². The zero-order chi connectivity index (χ0) is 12.5. The van der Waals surface area contributed by atoms with Gasteiger partial charge < -0.3 is 31.6 Å². The smallest absolute Gasteiger partial charge is 0.281 e. The van der Waals surface area contributed by atoms with Gasteiger partial charge in [-0.3, -0.25) is 4.58 Å². The number of hydrogen-bond donors (Lipinski definition) is 1. The van der Waals surface area contributed by atoms with E-state index in [0.717, 1.165) is 30.4 Å². The molecule has 0 bridgehead atoms. The van der Waals surface area contributed by atoms with Crippen LogP contribution in [0, 0.1) is 0 Å². The largest absolute Gasteiger partial charge is 1.00 e. The maximum atomic E-state index is 10.2. The molecule has 0 spiro atoms. The van der Waals surface area contributed by atoms with E-state index in [-0.39, 0.29) is 17.0 Å². The van der Waals surface area contributed by atoms with Crippen LogP contribution in [0.15, 0.2) is 24.3 Å². The average molecular weight is 329 g/mol.